The Morgan fingerprint density at radius 3 is 2.20 bits per heavy atom. The Morgan fingerprint density at radius 1 is 0.756 bits per heavy atom. The molecule has 0 aliphatic carbocycles. The number of fused-ring (bicyclic) bond motifs is 4. The van der Waals surface area contributed by atoms with Crippen molar-refractivity contribution in [2.45, 2.75) is 49.3 Å². The molecule has 0 N–H and O–H groups in total. The van der Waals surface area contributed by atoms with Gasteiger partial charge in [0.25, 0.3) is 6.33 Å². The quantitative estimate of drug-likeness (QED) is 0.131. The molecule has 0 amide bonds. The van der Waals surface area contributed by atoms with Gasteiger partial charge in [-0.25, -0.2) is 0 Å². The zero-order valence-corrected chi connectivity index (χ0v) is 28.9. The largest absolute Gasteiger partial charge is 3.00 e. The van der Waals surface area contributed by atoms with Crippen molar-refractivity contribution in [3.63, 3.8) is 0 Å². The third-order valence-corrected chi connectivity index (χ3v) is 9.25. The summed E-state index contributed by atoms with van der Waals surface area (Å²) in [5, 5.41) is 2.50. The second-order valence-corrected chi connectivity index (χ2v) is 12.7. The van der Waals surface area contributed by atoms with Crippen LogP contribution in [0.4, 0.5) is 0 Å². The van der Waals surface area contributed by atoms with Crippen molar-refractivity contribution in [3.8, 4) is 22.6 Å². The minimum absolute atomic E-state index is 0. The fourth-order valence-corrected chi connectivity index (χ4v) is 7.13. The molecule has 5 heteroatoms. The summed E-state index contributed by atoms with van der Waals surface area (Å²) >= 11 is 1.85. The van der Waals surface area contributed by atoms with Crippen LogP contribution in [0.1, 0.15) is 50.7 Å². The predicted octanol–water partition coefficient (Wildman–Crippen LogP) is 9.92. The minimum Gasteiger partial charge on any atom is -0.313 e. The van der Waals surface area contributed by atoms with Crippen LogP contribution >= 0.6 is 11.8 Å². The Hall–Kier alpha value is -4.02. The van der Waals surface area contributed by atoms with Gasteiger partial charge in [-0.15, -0.1) is 52.7 Å². The molecule has 0 bridgehead atoms. The van der Waals surface area contributed by atoms with E-state index in [1.54, 1.807) is 6.20 Å². The number of hydrogen-bond donors (Lipinski definition) is 0. The first-order chi connectivity index (χ1) is 21.5. The first-order valence-corrected chi connectivity index (χ1v) is 15.9. The number of imidazole rings is 1. The normalized spacial score (nSPS) is 11.7. The van der Waals surface area contributed by atoms with Crippen LogP contribution in [0.15, 0.2) is 125 Å². The molecule has 3 nitrogen and oxygen atoms in total. The predicted molar refractivity (Wildman–Crippen MR) is 181 cm³/mol. The molecular formula is C40H33IrN3S+. The van der Waals surface area contributed by atoms with Crippen molar-refractivity contribution in [1.29, 1.82) is 0 Å². The molecule has 1 aliphatic rings. The first kappa shape index (κ1) is 31.0. The van der Waals surface area contributed by atoms with Gasteiger partial charge in [-0.3, -0.25) is 4.57 Å². The number of hydrogen-bond acceptors (Lipinski definition) is 2. The molecule has 5 aromatic carbocycles. The van der Waals surface area contributed by atoms with Crippen molar-refractivity contribution in [3.05, 3.63) is 145 Å². The van der Waals surface area contributed by atoms with Crippen LogP contribution in [0.3, 0.4) is 0 Å². The van der Waals surface area contributed by atoms with Gasteiger partial charge in [-0.1, -0.05) is 99.3 Å². The van der Waals surface area contributed by atoms with Gasteiger partial charge in [0, 0.05) is 11.1 Å². The molecule has 7 aromatic rings. The molecule has 0 saturated heterocycles. The maximum Gasteiger partial charge on any atom is 3.00 e. The fourth-order valence-electron chi connectivity index (χ4n) is 5.93. The number of pyridine rings is 1. The first-order valence-electron chi connectivity index (χ1n) is 15.1. The molecule has 8 rings (SSSR count). The summed E-state index contributed by atoms with van der Waals surface area (Å²) in [6.45, 7) is 9.10. The summed E-state index contributed by atoms with van der Waals surface area (Å²) in [6, 6.07) is 44.4. The molecule has 0 fully saturated rings. The summed E-state index contributed by atoms with van der Waals surface area (Å²) < 4.78 is 4.52. The van der Waals surface area contributed by atoms with Crippen LogP contribution in [-0.4, -0.2) is 9.55 Å². The molecule has 2 aromatic heterocycles. The zero-order chi connectivity index (χ0) is 30.2. The molecule has 1 aliphatic heterocycles. The molecule has 0 atom stereocenters. The van der Waals surface area contributed by atoms with E-state index in [9.17, 15) is 0 Å². The van der Waals surface area contributed by atoms with Crippen LogP contribution < -0.4 is 4.57 Å². The number of aromatic nitrogens is 3. The molecule has 0 radical (unpaired) electrons. The van der Waals surface area contributed by atoms with E-state index in [-0.39, 0.29) is 20.1 Å². The van der Waals surface area contributed by atoms with Crippen molar-refractivity contribution >= 4 is 33.6 Å². The molecular weight excluding hydrogens is 747 g/mol. The smallest absolute Gasteiger partial charge is 0.313 e. The fraction of sp³-hybridized carbons (Fsp3) is 0.150. The molecule has 0 saturated carbocycles. The van der Waals surface area contributed by atoms with E-state index in [1.807, 2.05) is 54.2 Å². The van der Waals surface area contributed by atoms with E-state index in [2.05, 4.69) is 127 Å². The van der Waals surface area contributed by atoms with E-state index < -0.39 is 0 Å². The van der Waals surface area contributed by atoms with E-state index >= 15 is 0 Å². The van der Waals surface area contributed by atoms with Gasteiger partial charge in [0.15, 0.2) is 0 Å². The Kier molecular flexibility index (Phi) is 9.05. The van der Waals surface area contributed by atoms with Gasteiger partial charge >= 0.3 is 20.1 Å². The Balaban J connectivity index is 0.000000231. The standard InChI is InChI=1S/C29H25N2S.C11H8N.Ir/c1-18(2)21-11-7-12-22(19(3)4)27(21)30-17-31-25-16-15-20-9-5-6-10-23(20)29(25)32-26-14-8-13-24(30)28(26)31;1-2-6-10(7-3-1)11-8-4-5-9-12-11;/h5-15,18-19H,1-4H3;1-6,8-9H;/q2*-1;+3. The van der Waals surface area contributed by atoms with Crippen LogP contribution in [0.25, 0.3) is 44.4 Å². The Labute approximate surface area is 283 Å². The van der Waals surface area contributed by atoms with Gasteiger partial charge in [0.2, 0.25) is 0 Å². The number of para-hydroxylation sites is 2. The molecule has 45 heavy (non-hydrogen) atoms. The topological polar surface area (TPSA) is 21.7 Å². The average Bonchev–Trinajstić information content (AvgIpc) is 3.46. The van der Waals surface area contributed by atoms with Crippen molar-refractivity contribution in [1.82, 2.24) is 9.55 Å². The van der Waals surface area contributed by atoms with Crippen molar-refractivity contribution < 1.29 is 24.7 Å². The van der Waals surface area contributed by atoms with Gasteiger partial charge in [-0.2, -0.15) is 23.9 Å². The van der Waals surface area contributed by atoms with Crippen LogP contribution in [-0.2, 0) is 20.1 Å². The van der Waals surface area contributed by atoms with Crippen LogP contribution in [0.2, 0.25) is 0 Å². The molecule has 0 spiro atoms. The Bertz CT molecular complexity index is 2040. The number of nitrogens with zero attached hydrogens (tertiary/aromatic N) is 3. The third kappa shape index (κ3) is 5.77. The van der Waals surface area contributed by atoms with Gasteiger partial charge in [0.05, 0.1) is 16.7 Å². The second-order valence-electron chi connectivity index (χ2n) is 11.6. The van der Waals surface area contributed by atoms with Gasteiger partial charge < -0.3 is 9.55 Å². The van der Waals surface area contributed by atoms with Crippen LogP contribution in [0, 0.1) is 18.5 Å². The summed E-state index contributed by atoms with van der Waals surface area (Å²) in [6.07, 6.45) is 5.54. The van der Waals surface area contributed by atoms with Gasteiger partial charge in [-0.05, 0) is 40.4 Å². The zero-order valence-electron chi connectivity index (χ0n) is 25.7. The van der Waals surface area contributed by atoms with E-state index in [0.29, 0.717) is 11.8 Å². The SMILES string of the molecule is CC(C)c1cccc(C(C)C)c1-n1[c-][n+]2c3c(cccc31)Sc1c-2[c-]cc2ccccc12.[Ir+3].[c-]1ccccc1-c1ccccn1. The summed E-state index contributed by atoms with van der Waals surface area (Å²) in [5.74, 6) is 0.849. The third-order valence-electron chi connectivity index (χ3n) is 8.08. The Morgan fingerprint density at radius 2 is 1.49 bits per heavy atom. The summed E-state index contributed by atoms with van der Waals surface area (Å²) in [4.78, 5) is 6.74. The monoisotopic (exact) mass is 780 g/mol. The van der Waals surface area contributed by atoms with Crippen molar-refractivity contribution in [2.75, 3.05) is 0 Å². The molecule has 3 heterocycles. The number of benzene rings is 5. The molecule has 0 unspecified atom stereocenters. The van der Waals surface area contributed by atoms with E-state index in [1.165, 1.54) is 48.4 Å². The maximum absolute atomic E-state index is 4.22. The average molecular weight is 780 g/mol. The van der Waals surface area contributed by atoms with E-state index in [4.69, 9.17) is 0 Å². The van der Waals surface area contributed by atoms with Crippen molar-refractivity contribution in [2.24, 2.45) is 0 Å². The summed E-state index contributed by atoms with van der Waals surface area (Å²) in [7, 11) is 0. The molecule has 222 valence electrons. The van der Waals surface area contributed by atoms with Gasteiger partial charge in [0.1, 0.15) is 0 Å². The number of rotatable bonds is 4. The van der Waals surface area contributed by atoms with Crippen LogP contribution in [0.5, 0.6) is 0 Å². The second kappa shape index (κ2) is 13.1. The maximum atomic E-state index is 4.22. The summed E-state index contributed by atoms with van der Waals surface area (Å²) in [5.41, 5.74) is 9.49. The minimum atomic E-state index is 0. The van der Waals surface area contributed by atoms with E-state index in [0.717, 1.165) is 16.9 Å².